The number of halogens is 3. The number of rotatable bonds is 3. The van der Waals surface area contributed by atoms with Gasteiger partial charge in [-0.15, -0.1) is 0 Å². The molecule has 2 heterocycles. The van der Waals surface area contributed by atoms with Gasteiger partial charge in [-0.05, 0) is 38.6 Å². The second kappa shape index (κ2) is 5.56. The first-order chi connectivity index (χ1) is 8.85. The summed E-state index contributed by atoms with van der Waals surface area (Å²) in [5, 5.41) is 2.43. The second-order valence-corrected chi connectivity index (χ2v) is 5.46. The van der Waals surface area contributed by atoms with Crippen LogP contribution in [-0.2, 0) is 4.74 Å². The number of alkyl carbamates (subject to hydrolysis) is 1. The fourth-order valence-electron chi connectivity index (χ4n) is 3.12. The monoisotopic (exact) mass is 280 g/mol. The average Bonchev–Trinajstić information content (AvgIpc) is 2.55. The predicted molar refractivity (Wildman–Crippen MR) is 62.7 cm³/mol. The standard InChI is InChI=1S/C12H19F3N2O2/c1-17-9-2-3-10(17)5-8(4-9)6-16-11(18)19-7-12(13,14)15/h8-10H,2-7H2,1H3,(H,16,18). The number of carbonyl (C=O) groups excluding carboxylic acids is 1. The molecule has 0 aromatic heterocycles. The van der Waals surface area contributed by atoms with E-state index in [1.165, 1.54) is 12.8 Å². The summed E-state index contributed by atoms with van der Waals surface area (Å²) in [6, 6.07) is 1.11. The highest BCUT2D eigenvalue weighted by atomic mass is 19.4. The van der Waals surface area contributed by atoms with Gasteiger partial charge in [0.2, 0.25) is 0 Å². The van der Waals surface area contributed by atoms with Crippen molar-refractivity contribution in [1.82, 2.24) is 10.2 Å². The zero-order valence-electron chi connectivity index (χ0n) is 10.9. The van der Waals surface area contributed by atoms with Gasteiger partial charge in [0.05, 0.1) is 0 Å². The number of fused-ring (bicyclic) bond motifs is 2. The first-order valence-electron chi connectivity index (χ1n) is 6.54. The van der Waals surface area contributed by atoms with E-state index in [1.807, 2.05) is 0 Å². The Balaban J connectivity index is 1.68. The van der Waals surface area contributed by atoms with E-state index < -0.39 is 18.9 Å². The number of ether oxygens (including phenoxy) is 1. The molecule has 110 valence electrons. The number of hydrogen-bond donors (Lipinski definition) is 1. The van der Waals surface area contributed by atoms with Crippen LogP contribution in [0.3, 0.4) is 0 Å². The highest BCUT2D eigenvalue weighted by molar-refractivity contribution is 5.67. The van der Waals surface area contributed by atoms with Crippen molar-refractivity contribution >= 4 is 6.09 Å². The number of alkyl halides is 3. The first-order valence-corrected chi connectivity index (χ1v) is 6.54. The number of hydrogen-bond acceptors (Lipinski definition) is 3. The molecule has 0 aromatic carbocycles. The summed E-state index contributed by atoms with van der Waals surface area (Å²) in [4.78, 5) is 13.5. The lowest BCUT2D eigenvalue weighted by Gasteiger charge is -2.36. The molecule has 0 aliphatic carbocycles. The Morgan fingerprint density at radius 1 is 1.32 bits per heavy atom. The van der Waals surface area contributed by atoms with Crippen molar-refractivity contribution in [3.8, 4) is 0 Å². The van der Waals surface area contributed by atoms with Crippen molar-refractivity contribution in [1.29, 1.82) is 0 Å². The molecule has 2 atom stereocenters. The molecular weight excluding hydrogens is 261 g/mol. The number of nitrogens with one attached hydrogen (secondary N) is 1. The van der Waals surface area contributed by atoms with Crippen LogP contribution in [0.1, 0.15) is 25.7 Å². The van der Waals surface area contributed by atoms with Crippen molar-refractivity contribution in [2.75, 3.05) is 20.2 Å². The molecule has 2 aliphatic rings. The van der Waals surface area contributed by atoms with E-state index in [-0.39, 0.29) is 0 Å². The molecule has 0 aromatic rings. The minimum Gasteiger partial charge on any atom is -0.440 e. The molecule has 0 spiro atoms. The maximum absolute atomic E-state index is 11.9. The Hall–Kier alpha value is -0.980. The molecule has 19 heavy (non-hydrogen) atoms. The molecule has 7 heteroatoms. The van der Waals surface area contributed by atoms with E-state index >= 15 is 0 Å². The summed E-state index contributed by atoms with van der Waals surface area (Å²) in [7, 11) is 2.11. The van der Waals surface area contributed by atoms with Gasteiger partial charge in [0.15, 0.2) is 6.61 Å². The van der Waals surface area contributed by atoms with Crippen molar-refractivity contribution < 1.29 is 22.7 Å². The van der Waals surface area contributed by atoms with Gasteiger partial charge in [-0.1, -0.05) is 0 Å². The summed E-state index contributed by atoms with van der Waals surface area (Å²) >= 11 is 0. The summed E-state index contributed by atoms with van der Waals surface area (Å²) < 4.78 is 39.7. The van der Waals surface area contributed by atoms with Gasteiger partial charge >= 0.3 is 12.3 Å². The second-order valence-electron chi connectivity index (χ2n) is 5.46. The smallest absolute Gasteiger partial charge is 0.422 e. The Kier molecular flexibility index (Phi) is 4.23. The van der Waals surface area contributed by atoms with Crippen LogP contribution >= 0.6 is 0 Å². The number of amides is 1. The van der Waals surface area contributed by atoms with Crippen LogP contribution in [0.2, 0.25) is 0 Å². The molecule has 2 bridgehead atoms. The normalized spacial score (nSPS) is 31.3. The number of nitrogens with zero attached hydrogens (tertiary/aromatic N) is 1. The van der Waals surface area contributed by atoms with Gasteiger partial charge in [0.25, 0.3) is 0 Å². The van der Waals surface area contributed by atoms with Crippen LogP contribution in [0.4, 0.5) is 18.0 Å². The predicted octanol–water partition coefficient (Wildman–Crippen LogP) is 2.15. The lowest BCUT2D eigenvalue weighted by atomic mass is 9.91. The van der Waals surface area contributed by atoms with Crippen molar-refractivity contribution in [2.45, 2.75) is 43.9 Å². The molecule has 2 saturated heterocycles. The molecule has 0 radical (unpaired) electrons. The van der Waals surface area contributed by atoms with Gasteiger partial charge in [0.1, 0.15) is 0 Å². The third kappa shape index (κ3) is 3.99. The van der Waals surface area contributed by atoms with E-state index in [1.54, 1.807) is 0 Å². The lowest BCUT2D eigenvalue weighted by molar-refractivity contribution is -0.160. The Bertz CT molecular complexity index is 321. The highest BCUT2D eigenvalue weighted by Crippen LogP contribution is 2.36. The van der Waals surface area contributed by atoms with Gasteiger partial charge in [-0.25, -0.2) is 4.79 Å². The van der Waals surface area contributed by atoms with Crippen LogP contribution in [0.15, 0.2) is 0 Å². The number of carbonyl (C=O) groups is 1. The van der Waals surface area contributed by atoms with Gasteiger partial charge in [0, 0.05) is 18.6 Å². The Labute approximate surface area is 110 Å². The maximum Gasteiger partial charge on any atom is 0.422 e. The summed E-state index contributed by atoms with van der Waals surface area (Å²) in [6.45, 7) is -1.13. The Morgan fingerprint density at radius 2 is 1.89 bits per heavy atom. The van der Waals surface area contributed by atoms with E-state index in [0.29, 0.717) is 24.5 Å². The van der Waals surface area contributed by atoms with Crippen molar-refractivity contribution in [3.63, 3.8) is 0 Å². The molecule has 2 fully saturated rings. The van der Waals surface area contributed by atoms with E-state index in [0.717, 1.165) is 12.8 Å². The quantitative estimate of drug-likeness (QED) is 0.861. The topological polar surface area (TPSA) is 41.6 Å². The molecule has 1 amide bonds. The molecule has 2 rings (SSSR count). The summed E-state index contributed by atoms with van der Waals surface area (Å²) in [5.41, 5.74) is 0. The van der Waals surface area contributed by atoms with Crippen LogP contribution < -0.4 is 5.32 Å². The van der Waals surface area contributed by atoms with Crippen LogP contribution in [0.5, 0.6) is 0 Å². The van der Waals surface area contributed by atoms with Crippen LogP contribution in [-0.4, -0.2) is 49.5 Å². The van der Waals surface area contributed by atoms with Gasteiger partial charge < -0.3 is 15.0 Å². The molecule has 2 unspecified atom stereocenters. The largest absolute Gasteiger partial charge is 0.440 e. The highest BCUT2D eigenvalue weighted by Gasteiger charge is 2.38. The summed E-state index contributed by atoms with van der Waals surface area (Å²) in [5.74, 6) is 0.340. The third-order valence-corrected chi connectivity index (χ3v) is 4.10. The fourth-order valence-corrected chi connectivity index (χ4v) is 3.12. The van der Waals surface area contributed by atoms with Crippen molar-refractivity contribution in [2.24, 2.45) is 5.92 Å². The fraction of sp³-hybridized carbons (Fsp3) is 0.917. The zero-order valence-corrected chi connectivity index (χ0v) is 10.9. The maximum atomic E-state index is 11.9. The van der Waals surface area contributed by atoms with Gasteiger partial charge in [-0.3, -0.25) is 0 Å². The molecule has 1 N–H and O–H groups in total. The van der Waals surface area contributed by atoms with Crippen LogP contribution in [0.25, 0.3) is 0 Å². The van der Waals surface area contributed by atoms with E-state index in [2.05, 4.69) is 22.0 Å². The minimum atomic E-state index is -4.47. The lowest BCUT2D eigenvalue weighted by Crippen LogP contribution is -2.43. The zero-order chi connectivity index (χ0) is 14.0. The van der Waals surface area contributed by atoms with Crippen molar-refractivity contribution in [3.05, 3.63) is 0 Å². The third-order valence-electron chi connectivity index (χ3n) is 4.10. The molecule has 4 nitrogen and oxygen atoms in total. The molecular formula is C12H19F3N2O2. The first kappa shape index (κ1) is 14.4. The Morgan fingerprint density at radius 3 is 2.42 bits per heavy atom. The number of piperidine rings is 1. The van der Waals surface area contributed by atoms with E-state index in [9.17, 15) is 18.0 Å². The minimum absolute atomic E-state index is 0.340. The average molecular weight is 280 g/mol. The summed E-state index contributed by atoms with van der Waals surface area (Å²) in [6.07, 6.45) is -1.11. The van der Waals surface area contributed by atoms with Crippen LogP contribution in [0, 0.1) is 5.92 Å². The SMILES string of the molecule is CN1C2CCC1CC(CNC(=O)OCC(F)(F)F)C2. The van der Waals surface area contributed by atoms with Gasteiger partial charge in [-0.2, -0.15) is 13.2 Å². The molecule has 2 aliphatic heterocycles. The van der Waals surface area contributed by atoms with E-state index in [4.69, 9.17) is 0 Å². The molecule has 0 saturated carbocycles.